The zero-order valence-electron chi connectivity index (χ0n) is 16.4. The van der Waals surface area contributed by atoms with Crippen LogP contribution in [0, 0.1) is 11.6 Å². The van der Waals surface area contributed by atoms with Gasteiger partial charge in [-0.25, -0.2) is 8.78 Å². The Bertz CT molecular complexity index is 997. The molecule has 0 saturated heterocycles. The van der Waals surface area contributed by atoms with Crippen LogP contribution < -0.4 is 14.8 Å². The summed E-state index contributed by atoms with van der Waals surface area (Å²) in [7, 11) is 1.55. The number of benzene rings is 3. The lowest BCUT2D eigenvalue weighted by molar-refractivity contribution is 0.284. The second kappa shape index (κ2) is 10.6. The minimum Gasteiger partial charge on any atom is -0.493 e. The van der Waals surface area contributed by atoms with Crippen LogP contribution in [-0.4, -0.2) is 13.7 Å². The third-order valence-corrected chi connectivity index (χ3v) is 5.25. The van der Waals surface area contributed by atoms with Gasteiger partial charge in [-0.05, 0) is 54.4 Å². The molecule has 3 aromatic carbocycles. The van der Waals surface area contributed by atoms with Gasteiger partial charge in [-0.3, -0.25) is 0 Å². The van der Waals surface area contributed by atoms with Crippen LogP contribution in [0.5, 0.6) is 11.5 Å². The molecule has 3 aromatic rings. The van der Waals surface area contributed by atoms with E-state index < -0.39 is 5.82 Å². The van der Waals surface area contributed by atoms with Crippen LogP contribution in [0.15, 0.2) is 54.6 Å². The van der Waals surface area contributed by atoms with Gasteiger partial charge in [0.1, 0.15) is 18.2 Å². The Balaban J connectivity index is 1.59. The van der Waals surface area contributed by atoms with E-state index >= 15 is 0 Å². The van der Waals surface area contributed by atoms with E-state index in [2.05, 4.69) is 5.32 Å². The fourth-order valence-electron chi connectivity index (χ4n) is 2.89. The van der Waals surface area contributed by atoms with E-state index in [4.69, 9.17) is 32.7 Å². The molecule has 3 rings (SSSR count). The summed E-state index contributed by atoms with van der Waals surface area (Å²) in [5.74, 6) is 0.362. The zero-order chi connectivity index (χ0) is 21.5. The fraction of sp³-hybridized carbons (Fsp3) is 0.217. The average molecular weight is 452 g/mol. The Kier molecular flexibility index (Phi) is 7.91. The molecule has 0 aliphatic rings. The van der Waals surface area contributed by atoms with Gasteiger partial charge < -0.3 is 14.8 Å². The van der Waals surface area contributed by atoms with Gasteiger partial charge in [-0.2, -0.15) is 0 Å². The maximum absolute atomic E-state index is 13.2. The zero-order valence-corrected chi connectivity index (χ0v) is 17.9. The fourth-order valence-corrected chi connectivity index (χ4v) is 3.33. The summed E-state index contributed by atoms with van der Waals surface area (Å²) in [6.45, 7) is 1.41. The van der Waals surface area contributed by atoms with Crippen molar-refractivity contribution >= 4 is 23.2 Å². The highest BCUT2D eigenvalue weighted by atomic mass is 35.5. The van der Waals surface area contributed by atoms with Crippen molar-refractivity contribution in [3.8, 4) is 11.5 Å². The molecule has 30 heavy (non-hydrogen) atoms. The number of hydrogen-bond acceptors (Lipinski definition) is 3. The van der Waals surface area contributed by atoms with Crippen LogP contribution in [0.2, 0.25) is 10.0 Å². The van der Waals surface area contributed by atoms with Crippen LogP contribution in [-0.2, 0) is 19.6 Å². The lowest BCUT2D eigenvalue weighted by Gasteiger charge is -2.15. The summed E-state index contributed by atoms with van der Waals surface area (Å²) in [4.78, 5) is 0. The molecule has 0 aromatic heterocycles. The highest BCUT2D eigenvalue weighted by Crippen LogP contribution is 2.34. The number of methoxy groups -OCH3 is 1. The Hall–Kier alpha value is -2.34. The number of ether oxygens (including phenoxy) is 2. The maximum atomic E-state index is 13.2. The summed E-state index contributed by atoms with van der Waals surface area (Å²) in [6, 6.07) is 14.1. The molecule has 0 radical (unpaired) electrons. The second-order valence-corrected chi connectivity index (χ2v) is 7.49. The summed E-state index contributed by atoms with van der Waals surface area (Å²) >= 11 is 12.5. The SMILES string of the molecule is COc1cc(CNCCc2ccc(F)cc2)c(Cl)cc1OCc1ccc(F)cc1Cl. The topological polar surface area (TPSA) is 30.5 Å². The molecule has 0 heterocycles. The van der Waals surface area contributed by atoms with Gasteiger partial charge in [-0.15, -0.1) is 0 Å². The highest BCUT2D eigenvalue weighted by molar-refractivity contribution is 6.31. The molecule has 0 bridgehead atoms. The van der Waals surface area contributed by atoms with Crippen LogP contribution in [0.25, 0.3) is 0 Å². The second-order valence-electron chi connectivity index (χ2n) is 6.67. The maximum Gasteiger partial charge on any atom is 0.163 e. The molecule has 0 atom stereocenters. The summed E-state index contributed by atoms with van der Waals surface area (Å²) in [5.41, 5.74) is 2.57. The first-order valence-electron chi connectivity index (χ1n) is 9.34. The van der Waals surface area contributed by atoms with Gasteiger partial charge in [0, 0.05) is 23.2 Å². The standard InChI is InChI=1S/C23H21Cl2F2NO2/c1-29-22-10-17(13-28-9-8-15-2-5-18(26)6-3-15)21(25)12-23(22)30-14-16-4-7-19(27)11-20(16)24/h2-7,10-12,28H,8-9,13-14H2,1H3. The Morgan fingerprint density at radius 3 is 2.23 bits per heavy atom. The molecule has 0 spiro atoms. The Morgan fingerprint density at radius 1 is 0.833 bits per heavy atom. The molecular weight excluding hydrogens is 431 g/mol. The smallest absolute Gasteiger partial charge is 0.163 e. The molecule has 0 aliphatic heterocycles. The normalized spacial score (nSPS) is 10.8. The largest absolute Gasteiger partial charge is 0.493 e. The number of hydrogen-bond donors (Lipinski definition) is 1. The quantitative estimate of drug-likeness (QED) is 0.393. The molecule has 158 valence electrons. The molecule has 0 unspecified atom stereocenters. The van der Waals surface area contributed by atoms with Crippen molar-refractivity contribution in [3.63, 3.8) is 0 Å². The summed E-state index contributed by atoms with van der Waals surface area (Å²) < 4.78 is 37.4. The van der Waals surface area contributed by atoms with Gasteiger partial charge >= 0.3 is 0 Å². The lowest BCUT2D eigenvalue weighted by atomic mass is 10.1. The van der Waals surface area contributed by atoms with Crippen molar-refractivity contribution < 1.29 is 18.3 Å². The third-order valence-electron chi connectivity index (χ3n) is 4.55. The average Bonchev–Trinajstić information content (AvgIpc) is 2.73. The predicted molar refractivity (Wildman–Crippen MR) is 116 cm³/mol. The van der Waals surface area contributed by atoms with E-state index in [1.54, 1.807) is 31.4 Å². The van der Waals surface area contributed by atoms with Crippen molar-refractivity contribution in [2.24, 2.45) is 0 Å². The molecule has 3 nitrogen and oxygen atoms in total. The van der Waals surface area contributed by atoms with Crippen molar-refractivity contribution in [3.05, 3.63) is 93.0 Å². The summed E-state index contributed by atoms with van der Waals surface area (Å²) in [5, 5.41) is 4.15. The van der Waals surface area contributed by atoms with Gasteiger partial charge in [0.05, 0.1) is 12.1 Å². The monoisotopic (exact) mass is 451 g/mol. The van der Waals surface area contributed by atoms with Crippen molar-refractivity contribution in [2.75, 3.05) is 13.7 Å². The van der Waals surface area contributed by atoms with Crippen molar-refractivity contribution in [1.82, 2.24) is 5.32 Å². The highest BCUT2D eigenvalue weighted by Gasteiger charge is 2.12. The van der Waals surface area contributed by atoms with Crippen molar-refractivity contribution in [1.29, 1.82) is 0 Å². The third kappa shape index (κ3) is 6.08. The van der Waals surface area contributed by atoms with Gasteiger partial charge in [0.2, 0.25) is 0 Å². The summed E-state index contributed by atoms with van der Waals surface area (Å²) in [6.07, 6.45) is 0.772. The molecule has 0 saturated carbocycles. The number of halogens is 4. The molecular formula is C23H21Cl2F2NO2. The van der Waals surface area contributed by atoms with Gasteiger partial charge in [0.15, 0.2) is 11.5 Å². The van der Waals surface area contributed by atoms with Gasteiger partial charge in [-0.1, -0.05) is 41.4 Å². The molecule has 0 fully saturated rings. The van der Waals surface area contributed by atoms with Crippen LogP contribution in [0.3, 0.4) is 0 Å². The van der Waals surface area contributed by atoms with Crippen molar-refractivity contribution in [2.45, 2.75) is 19.6 Å². The lowest BCUT2D eigenvalue weighted by Crippen LogP contribution is -2.17. The van der Waals surface area contributed by atoms with Crippen LogP contribution in [0.1, 0.15) is 16.7 Å². The van der Waals surface area contributed by atoms with Gasteiger partial charge in [0.25, 0.3) is 0 Å². The molecule has 0 aliphatic carbocycles. The van der Waals surface area contributed by atoms with E-state index in [1.165, 1.54) is 24.3 Å². The minimum absolute atomic E-state index is 0.154. The van der Waals surface area contributed by atoms with E-state index in [0.29, 0.717) is 40.2 Å². The Morgan fingerprint density at radius 2 is 1.53 bits per heavy atom. The first-order valence-corrected chi connectivity index (χ1v) is 10.1. The first-order chi connectivity index (χ1) is 14.5. The van der Waals surface area contributed by atoms with E-state index in [1.807, 2.05) is 6.07 Å². The molecule has 7 heteroatoms. The first kappa shape index (κ1) is 22.3. The number of rotatable bonds is 9. The number of nitrogens with one attached hydrogen (secondary N) is 1. The minimum atomic E-state index is -0.402. The van der Waals surface area contributed by atoms with E-state index in [-0.39, 0.29) is 12.4 Å². The van der Waals surface area contributed by atoms with Crippen LogP contribution >= 0.6 is 23.2 Å². The Labute approximate surface area is 184 Å². The van der Waals surface area contributed by atoms with E-state index in [9.17, 15) is 8.78 Å². The predicted octanol–water partition coefficient (Wildman–Crippen LogP) is 6.19. The van der Waals surface area contributed by atoms with E-state index in [0.717, 1.165) is 17.5 Å². The molecule has 0 amide bonds. The van der Waals surface area contributed by atoms with Crippen LogP contribution in [0.4, 0.5) is 8.78 Å². The molecule has 1 N–H and O–H groups in total.